The smallest absolute Gasteiger partial charge is 0.335 e. The maximum absolute atomic E-state index is 12.5. The third-order valence-electron chi connectivity index (χ3n) is 4.22. The average Bonchev–Trinajstić information content (AvgIpc) is 3.17. The van der Waals surface area contributed by atoms with Gasteiger partial charge in [-0.1, -0.05) is 12.1 Å². The molecule has 1 saturated heterocycles. The van der Waals surface area contributed by atoms with E-state index in [0.29, 0.717) is 31.5 Å². The molecule has 0 aliphatic carbocycles. The molecule has 1 aromatic carbocycles. The van der Waals surface area contributed by atoms with E-state index in [4.69, 9.17) is 5.11 Å². The predicted molar refractivity (Wildman–Crippen MR) is 97.0 cm³/mol. The normalized spacial score (nSPS) is 15.8. The number of carboxylic acid groups (broad SMARTS) is 1. The Morgan fingerprint density at radius 1 is 1.12 bits per heavy atom. The van der Waals surface area contributed by atoms with E-state index in [1.807, 2.05) is 0 Å². The molecule has 0 bridgehead atoms. The van der Waals surface area contributed by atoms with Gasteiger partial charge in [0.05, 0.1) is 5.56 Å². The SMILES string of the molecule is O=C(O)c1cccc(C(=O)N2CCC(NS(=O)(=O)c3cccs3)CC2)c1. The van der Waals surface area contributed by atoms with E-state index >= 15 is 0 Å². The number of piperidine rings is 1. The molecule has 1 aliphatic heterocycles. The molecule has 0 radical (unpaired) electrons. The summed E-state index contributed by atoms with van der Waals surface area (Å²) < 4.78 is 27.5. The zero-order chi connectivity index (χ0) is 18.7. The number of carboxylic acids is 1. The summed E-state index contributed by atoms with van der Waals surface area (Å²) in [4.78, 5) is 25.2. The predicted octanol–water partition coefficient (Wildman–Crippen LogP) is 2.03. The van der Waals surface area contributed by atoms with Crippen LogP contribution >= 0.6 is 11.3 Å². The molecule has 2 aromatic rings. The summed E-state index contributed by atoms with van der Waals surface area (Å²) in [5.74, 6) is -1.32. The maximum atomic E-state index is 12.5. The number of hydrogen-bond donors (Lipinski definition) is 2. The fraction of sp³-hybridized carbons (Fsp3) is 0.294. The van der Waals surface area contributed by atoms with Crippen molar-refractivity contribution in [1.29, 1.82) is 0 Å². The lowest BCUT2D eigenvalue weighted by Gasteiger charge is -2.32. The van der Waals surface area contributed by atoms with Crippen LogP contribution in [0, 0.1) is 0 Å². The molecule has 0 atom stereocenters. The van der Waals surface area contributed by atoms with Gasteiger partial charge in [-0.15, -0.1) is 11.3 Å². The van der Waals surface area contributed by atoms with Gasteiger partial charge in [-0.3, -0.25) is 4.79 Å². The molecule has 2 heterocycles. The molecule has 0 unspecified atom stereocenters. The summed E-state index contributed by atoms with van der Waals surface area (Å²) in [6.07, 6.45) is 1.02. The van der Waals surface area contributed by atoms with Crippen molar-refractivity contribution >= 4 is 33.2 Å². The van der Waals surface area contributed by atoms with Gasteiger partial charge in [-0.05, 0) is 42.5 Å². The second-order valence-electron chi connectivity index (χ2n) is 6.01. The van der Waals surface area contributed by atoms with Crippen LogP contribution in [-0.2, 0) is 10.0 Å². The van der Waals surface area contributed by atoms with Crippen LogP contribution in [0.25, 0.3) is 0 Å². The Morgan fingerprint density at radius 2 is 1.81 bits per heavy atom. The second-order valence-corrected chi connectivity index (χ2v) is 8.89. The lowest BCUT2D eigenvalue weighted by atomic mass is 10.0. The number of thiophene rings is 1. The number of rotatable bonds is 5. The fourth-order valence-electron chi connectivity index (χ4n) is 2.86. The van der Waals surface area contributed by atoms with Gasteiger partial charge in [0, 0.05) is 24.7 Å². The van der Waals surface area contributed by atoms with Crippen LogP contribution in [0.2, 0.25) is 0 Å². The minimum Gasteiger partial charge on any atom is -0.478 e. The third-order valence-corrected chi connectivity index (χ3v) is 7.14. The molecule has 1 aromatic heterocycles. The van der Waals surface area contributed by atoms with Crippen LogP contribution < -0.4 is 4.72 Å². The van der Waals surface area contributed by atoms with E-state index in [9.17, 15) is 18.0 Å². The minimum atomic E-state index is -3.52. The highest BCUT2D eigenvalue weighted by Gasteiger charge is 2.27. The van der Waals surface area contributed by atoms with E-state index in [1.54, 1.807) is 34.5 Å². The van der Waals surface area contributed by atoms with Gasteiger partial charge in [-0.25, -0.2) is 17.9 Å². The number of nitrogens with zero attached hydrogens (tertiary/aromatic N) is 1. The quantitative estimate of drug-likeness (QED) is 0.808. The van der Waals surface area contributed by atoms with E-state index in [-0.39, 0.29) is 21.7 Å². The molecule has 1 fully saturated rings. The van der Waals surface area contributed by atoms with Gasteiger partial charge in [0.2, 0.25) is 10.0 Å². The molecule has 2 N–H and O–H groups in total. The minimum absolute atomic E-state index is 0.0643. The van der Waals surface area contributed by atoms with E-state index in [0.717, 1.165) is 11.3 Å². The molecule has 9 heteroatoms. The van der Waals surface area contributed by atoms with Gasteiger partial charge in [0.1, 0.15) is 4.21 Å². The Kier molecular flexibility index (Phi) is 5.40. The molecular weight excluding hydrogens is 376 g/mol. The highest BCUT2D eigenvalue weighted by molar-refractivity contribution is 7.91. The van der Waals surface area contributed by atoms with Gasteiger partial charge in [-0.2, -0.15) is 0 Å². The van der Waals surface area contributed by atoms with Crippen molar-refractivity contribution in [3.8, 4) is 0 Å². The first-order chi connectivity index (χ1) is 12.4. The van der Waals surface area contributed by atoms with E-state index in [1.165, 1.54) is 12.1 Å². The summed E-state index contributed by atoms with van der Waals surface area (Å²) in [5, 5.41) is 10.7. The van der Waals surface area contributed by atoms with Crippen LogP contribution in [0.1, 0.15) is 33.6 Å². The van der Waals surface area contributed by atoms with Crippen molar-refractivity contribution in [1.82, 2.24) is 9.62 Å². The van der Waals surface area contributed by atoms with Crippen molar-refractivity contribution in [3.05, 3.63) is 52.9 Å². The Bertz CT molecular complexity index is 901. The summed E-state index contributed by atoms with van der Waals surface area (Å²) in [7, 11) is -3.52. The second kappa shape index (κ2) is 7.56. The highest BCUT2D eigenvalue weighted by atomic mass is 32.2. The molecule has 26 heavy (non-hydrogen) atoms. The monoisotopic (exact) mass is 394 g/mol. The van der Waals surface area contributed by atoms with Crippen LogP contribution in [0.15, 0.2) is 46.0 Å². The van der Waals surface area contributed by atoms with E-state index < -0.39 is 16.0 Å². The van der Waals surface area contributed by atoms with Crippen LogP contribution in [-0.4, -0.2) is 49.4 Å². The highest BCUT2D eigenvalue weighted by Crippen LogP contribution is 2.20. The van der Waals surface area contributed by atoms with Crippen molar-refractivity contribution < 1.29 is 23.1 Å². The van der Waals surface area contributed by atoms with Crippen molar-refractivity contribution in [3.63, 3.8) is 0 Å². The molecule has 0 spiro atoms. The zero-order valence-corrected chi connectivity index (χ0v) is 15.4. The number of aromatic carboxylic acids is 1. The lowest BCUT2D eigenvalue weighted by molar-refractivity contribution is 0.0697. The Morgan fingerprint density at radius 3 is 2.42 bits per heavy atom. The van der Waals surface area contributed by atoms with E-state index in [2.05, 4.69) is 4.72 Å². The van der Waals surface area contributed by atoms with Crippen LogP contribution in [0.5, 0.6) is 0 Å². The maximum Gasteiger partial charge on any atom is 0.335 e. The van der Waals surface area contributed by atoms with Gasteiger partial charge in [0.15, 0.2) is 0 Å². The van der Waals surface area contributed by atoms with Crippen LogP contribution in [0.4, 0.5) is 0 Å². The summed E-state index contributed by atoms with van der Waals surface area (Å²) in [5.41, 5.74) is 0.386. The Hall–Kier alpha value is -2.23. The van der Waals surface area contributed by atoms with Crippen LogP contribution in [0.3, 0.4) is 0 Å². The van der Waals surface area contributed by atoms with Crippen molar-refractivity contribution in [2.75, 3.05) is 13.1 Å². The number of benzene rings is 1. The first-order valence-electron chi connectivity index (χ1n) is 8.05. The molecule has 7 nitrogen and oxygen atoms in total. The number of hydrogen-bond acceptors (Lipinski definition) is 5. The summed E-state index contributed by atoms with van der Waals surface area (Å²) in [6, 6.07) is 8.93. The summed E-state index contributed by atoms with van der Waals surface area (Å²) >= 11 is 1.16. The zero-order valence-electron chi connectivity index (χ0n) is 13.8. The van der Waals surface area contributed by atoms with Gasteiger partial charge < -0.3 is 10.0 Å². The molecule has 0 saturated carbocycles. The fourth-order valence-corrected chi connectivity index (χ4v) is 5.18. The largest absolute Gasteiger partial charge is 0.478 e. The topological polar surface area (TPSA) is 104 Å². The average molecular weight is 394 g/mol. The Labute approximate surface area is 155 Å². The number of sulfonamides is 1. The molecule has 1 aliphatic rings. The number of amides is 1. The Balaban J connectivity index is 1.61. The number of carbonyl (C=O) groups excluding carboxylic acids is 1. The summed E-state index contributed by atoms with van der Waals surface area (Å²) in [6.45, 7) is 0.821. The standard InChI is InChI=1S/C17H18N2O5S2/c20-16(12-3-1-4-13(11-12)17(21)22)19-8-6-14(7-9-19)18-26(23,24)15-5-2-10-25-15/h1-5,10-11,14,18H,6-9H2,(H,21,22). The van der Waals surface area contributed by atoms with Crippen molar-refractivity contribution in [2.45, 2.75) is 23.1 Å². The first kappa shape index (κ1) is 18.6. The number of likely N-dealkylation sites (tertiary alicyclic amines) is 1. The molecule has 1 amide bonds. The first-order valence-corrected chi connectivity index (χ1v) is 10.4. The van der Waals surface area contributed by atoms with Crippen molar-refractivity contribution in [2.24, 2.45) is 0 Å². The number of carbonyl (C=O) groups is 2. The molecule has 138 valence electrons. The molecular formula is C17H18N2O5S2. The van der Waals surface area contributed by atoms with Gasteiger partial charge in [0.25, 0.3) is 5.91 Å². The number of nitrogens with one attached hydrogen (secondary N) is 1. The lowest BCUT2D eigenvalue weighted by Crippen LogP contribution is -2.46. The third kappa shape index (κ3) is 4.12. The van der Waals surface area contributed by atoms with Gasteiger partial charge >= 0.3 is 5.97 Å². The molecule has 3 rings (SSSR count).